The van der Waals surface area contributed by atoms with Crippen molar-refractivity contribution < 1.29 is 44.3 Å². The maximum Gasteiger partial charge on any atom is 0.335 e. The SMILES string of the molecule is C.CCn1nnc2c(C)c(C(CC(=O)O)c3ccc4c(c3)CN(C(=O)c3ccc(O)cc3)CC4)ccc21.CCn1nnc2c(C)c(C(CC(=O)OC)c3ccc4c(c3)CNCC4)ccc21.O=C(O)c1ccc(O)cc1. The van der Waals surface area contributed by atoms with Gasteiger partial charge in [-0.15, -0.1) is 10.2 Å². The molecule has 0 saturated heterocycles. The minimum atomic E-state index is -0.986. The van der Waals surface area contributed by atoms with Crippen molar-refractivity contribution in [2.45, 2.75) is 98.8 Å². The highest BCUT2D eigenvalue weighted by atomic mass is 16.5. The first-order chi connectivity index (χ1) is 35.7. The van der Waals surface area contributed by atoms with Crippen LogP contribution in [0.3, 0.4) is 0 Å². The predicted molar refractivity (Wildman–Crippen MR) is 285 cm³/mol. The van der Waals surface area contributed by atoms with Crippen LogP contribution in [0.25, 0.3) is 22.1 Å². The number of aromatic nitrogens is 6. The number of rotatable bonds is 12. The first kappa shape index (κ1) is 54.3. The van der Waals surface area contributed by atoms with E-state index in [1.165, 1.54) is 60.2 Å². The number of carbonyl (C=O) groups excluding carboxylic acids is 2. The summed E-state index contributed by atoms with van der Waals surface area (Å²) >= 11 is 0. The molecule has 4 heterocycles. The van der Waals surface area contributed by atoms with Gasteiger partial charge in [-0.2, -0.15) is 0 Å². The second kappa shape index (κ2) is 24.1. The van der Waals surface area contributed by atoms with Gasteiger partial charge in [0, 0.05) is 50.1 Å². The zero-order valence-electron chi connectivity index (χ0n) is 42.1. The molecule has 2 atom stereocenters. The zero-order chi connectivity index (χ0) is 52.6. The van der Waals surface area contributed by atoms with Crippen LogP contribution in [0.5, 0.6) is 11.5 Å². The number of amides is 1. The Labute approximate surface area is 435 Å². The van der Waals surface area contributed by atoms with Crippen LogP contribution in [0.2, 0.25) is 0 Å². The van der Waals surface area contributed by atoms with Crippen LogP contribution in [0.1, 0.15) is 122 Å². The van der Waals surface area contributed by atoms with Crippen LogP contribution in [-0.2, 0) is 53.3 Å². The van der Waals surface area contributed by atoms with Crippen LogP contribution in [0, 0.1) is 13.8 Å². The molecule has 0 spiro atoms. The van der Waals surface area contributed by atoms with Crippen LogP contribution in [0.4, 0.5) is 0 Å². The maximum atomic E-state index is 13.1. The van der Waals surface area contributed by atoms with Crippen molar-refractivity contribution in [1.82, 2.24) is 40.2 Å². The molecular weight excluding hydrogens is 953 g/mol. The van der Waals surface area contributed by atoms with Gasteiger partial charge in [-0.1, -0.05) is 66.4 Å². The van der Waals surface area contributed by atoms with Gasteiger partial charge in [-0.25, -0.2) is 14.2 Å². The van der Waals surface area contributed by atoms with E-state index in [0.717, 1.165) is 93.5 Å². The molecule has 1 amide bonds. The summed E-state index contributed by atoms with van der Waals surface area (Å²) in [5.74, 6) is -2.40. The first-order valence-corrected chi connectivity index (χ1v) is 24.7. The number of phenols is 2. The molecule has 2 aliphatic rings. The van der Waals surface area contributed by atoms with Crippen molar-refractivity contribution in [3.63, 3.8) is 0 Å². The molecule has 0 bridgehead atoms. The Hall–Kier alpha value is -8.44. The maximum absolute atomic E-state index is 13.1. The lowest BCUT2D eigenvalue weighted by molar-refractivity contribution is -0.141. The van der Waals surface area contributed by atoms with Gasteiger partial charge in [0.2, 0.25) is 0 Å². The van der Waals surface area contributed by atoms with Crippen LogP contribution < -0.4 is 5.32 Å². The number of aliphatic carboxylic acids is 1. The predicted octanol–water partition coefficient (Wildman–Crippen LogP) is 9.10. The van der Waals surface area contributed by atoms with Gasteiger partial charge < -0.3 is 35.4 Å². The van der Waals surface area contributed by atoms with E-state index in [2.05, 4.69) is 76.2 Å². The second-order valence-electron chi connectivity index (χ2n) is 18.4. The molecule has 0 radical (unpaired) electrons. The molecule has 17 nitrogen and oxygen atoms in total. The molecule has 10 rings (SSSR count). The summed E-state index contributed by atoms with van der Waals surface area (Å²) in [5, 5.41) is 57.0. The van der Waals surface area contributed by atoms with Crippen molar-refractivity contribution in [3.05, 3.63) is 176 Å². The minimum Gasteiger partial charge on any atom is -0.508 e. The molecule has 2 aliphatic heterocycles. The molecule has 8 aromatic rings. The first-order valence-electron chi connectivity index (χ1n) is 24.7. The Bertz CT molecular complexity index is 3350. The number of aryl methyl sites for hydroxylation is 4. The second-order valence-corrected chi connectivity index (χ2v) is 18.4. The molecule has 75 heavy (non-hydrogen) atoms. The highest BCUT2D eigenvalue weighted by Crippen LogP contribution is 2.37. The third kappa shape index (κ3) is 12.2. The van der Waals surface area contributed by atoms with Crippen molar-refractivity contribution in [3.8, 4) is 11.5 Å². The van der Waals surface area contributed by atoms with Crippen molar-refractivity contribution in [1.29, 1.82) is 0 Å². The number of methoxy groups -OCH3 is 1. The van der Waals surface area contributed by atoms with Gasteiger partial charge in [-0.3, -0.25) is 14.4 Å². The fraction of sp³-hybridized carbons (Fsp3) is 0.310. The average molecular weight is 1020 g/mol. The summed E-state index contributed by atoms with van der Waals surface area (Å²) < 4.78 is 8.73. The standard InChI is InChI=1S/C28H28N4O4.C22H26N4O2.C7H6O3.CH4/c1-3-32-25-11-10-23(17(2)27(25)29-30-32)24(15-26(34)35)20-5-4-18-12-13-31(16-21(18)14-20)28(36)19-6-8-22(33)9-7-19;1-4-26-20-8-7-18(14(2)22(20)24-25-26)19(12-21(27)28-3)16-6-5-15-9-10-23-13-17(15)11-16;8-6-3-1-5(2-4-6)7(9)10;/h4-11,14,24,33H,3,12-13,15-16H2,1-2H3,(H,34,35);5-8,11,19,23H,4,9-10,12-13H2,1-3H3;1-4,8H,(H,9,10);1H4. The van der Waals surface area contributed by atoms with Gasteiger partial charge in [0.25, 0.3) is 5.91 Å². The van der Waals surface area contributed by atoms with Gasteiger partial charge >= 0.3 is 17.9 Å². The lowest BCUT2D eigenvalue weighted by atomic mass is 9.83. The van der Waals surface area contributed by atoms with Gasteiger partial charge in [0.1, 0.15) is 22.5 Å². The number of nitrogens with one attached hydrogen (secondary N) is 1. The Kier molecular flexibility index (Phi) is 17.4. The Morgan fingerprint density at radius 2 is 1.15 bits per heavy atom. The molecule has 390 valence electrons. The van der Waals surface area contributed by atoms with E-state index in [4.69, 9.17) is 14.9 Å². The number of carbonyl (C=O) groups is 4. The van der Waals surface area contributed by atoms with Crippen LogP contribution in [0.15, 0.2) is 109 Å². The van der Waals surface area contributed by atoms with E-state index in [1.54, 1.807) is 17.0 Å². The molecule has 2 aromatic heterocycles. The lowest BCUT2D eigenvalue weighted by Crippen LogP contribution is -2.36. The van der Waals surface area contributed by atoms with Crippen LogP contribution in [-0.4, -0.2) is 99.3 Å². The smallest absolute Gasteiger partial charge is 0.335 e. The summed E-state index contributed by atoms with van der Waals surface area (Å²) in [6.07, 6.45) is 2.02. The highest BCUT2D eigenvalue weighted by Gasteiger charge is 2.27. The Balaban J connectivity index is 0.000000186. The molecule has 2 unspecified atom stereocenters. The summed E-state index contributed by atoms with van der Waals surface area (Å²) in [6, 6.07) is 32.5. The summed E-state index contributed by atoms with van der Waals surface area (Å²) in [5.41, 5.74) is 15.3. The van der Waals surface area contributed by atoms with E-state index >= 15 is 0 Å². The van der Waals surface area contributed by atoms with Crippen molar-refractivity contribution >= 4 is 45.9 Å². The number of phenolic OH excluding ortho intramolecular Hbond substituents is 2. The van der Waals surface area contributed by atoms with Crippen molar-refractivity contribution in [2.75, 3.05) is 20.2 Å². The Morgan fingerprint density at radius 3 is 1.65 bits per heavy atom. The minimum absolute atomic E-state index is 0. The number of fused-ring (bicyclic) bond motifs is 4. The topological polar surface area (TPSA) is 235 Å². The molecule has 0 saturated carbocycles. The largest absolute Gasteiger partial charge is 0.508 e. The molecule has 0 fully saturated rings. The van der Waals surface area contributed by atoms with Gasteiger partial charge in [-0.05, 0) is 163 Å². The molecule has 17 heteroatoms. The fourth-order valence-corrected chi connectivity index (χ4v) is 9.90. The fourth-order valence-electron chi connectivity index (χ4n) is 9.90. The number of carboxylic acids is 2. The third-order valence-corrected chi connectivity index (χ3v) is 14.0. The molecular formula is C58H64N8O9. The number of benzene rings is 6. The number of nitrogens with zero attached hydrogens (tertiary/aromatic N) is 7. The van der Waals surface area contributed by atoms with E-state index in [9.17, 15) is 29.4 Å². The quantitative estimate of drug-likeness (QED) is 0.0718. The third-order valence-electron chi connectivity index (χ3n) is 14.0. The van der Waals surface area contributed by atoms with E-state index < -0.39 is 11.9 Å². The lowest BCUT2D eigenvalue weighted by Gasteiger charge is -2.30. The number of carboxylic acid groups (broad SMARTS) is 2. The monoisotopic (exact) mass is 1020 g/mol. The summed E-state index contributed by atoms with van der Waals surface area (Å²) in [6.45, 7) is 12.5. The van der Waals surface area contributed by atoms with Gasteiger partial charge in [0.15, 0.2) is 0 Å². The number of aromatic carboxylic acids is 1. The van der Waals surface area contributed by atoms with E-state index in [-0.39, 0.29) is 54.6 Å². The average Bonchev–Trinajstić information content (AvgIpc) is 4.06. The van der Waals surface area contributed by atoms with Gasteiger partial charge in [0.05, 0.1) is 36.5 Å². The van der Waals surface area contributed by atoms with E-state index in [0.29, 0.717) is 31.6 Å². The molecule has 5 N–H and O–H groups in total. The number of hydrogen-bond acceptors (Lipinski definition) is 12. The van der Waals surface area contributed by atoms with Crippen molar-refractivity contribution in [2.24, 2.45) is 0 Å². The number of ether oxygens (including phenoxy) is 1. The molecule has 0 aliphatic carbocycles. The summed E-state index contributed by atoms with van der Waals surface area (Å²) in [7, 11) is 1.44. The Morgan fingerprint density at radius 1 is 0.640 bits per heavy atom. The summed E-state index contributed by atoms with van der Waals surface area (Å²) in [4.78, 5) is 49.2. The number of hydrogen-bond donors (Lipinski definition) is 5. The normalized spacial score (nSPS) is 13.4. The highest BCUT2D eigenvalue weighted by molar-refractivity contribution is 5.94. The number of aromatic hydroxyl groups is 2. The van der Waals surface area contributed by atoms with E-state index in [1.807, 2.05) is 47.5 Å². The van der Waals surface area contributed by atoms with Crippen LogP contribution >= 0.6 is 0 Å². The molecule has 6 aromatic carbocycles. The zero-order valence-corrected chi connectivity index (χ0v) is 42.1. The number of esters is 1.